The molecule has 36 heavy (non-hydrogen) atoms. The quantitative estimate of drug-likeness (QED) is 0.378. The SMILES string of the molecule is COc1ccccc1C(=O)NCC(=O)N=Nc1c(O)n(Cc2ccc3c(c2)OCO3)c2ccccc12. The van der Waals surface area contributed by atoms with Gasteiger partial charge in [-0.05, 0) is 35.9 Å². The van der Waals surface area contributed by atoms with Gasteiger partial charge >= 0.3 is 0 Å². The van der Waals surface area contributed by atoms with Gasteiger partial charge in [0.1, 0.15) is 12.3 Å². The second-order valence-corrected chi connectivity index (χ2v) is 7.94. The van der Waals surface area contributed by atoms with Gasteiger partial charge in [0, 0.05) is 5.39 Å². The molecule has 0 saturated heterocycles. The maximum absolute atomic E-state index is 12.4. The number of carbonyl (C=O) groups excluding carboxylic acids is 2. The Labute approximate surface area is 205 Å². The van der Waals surface area contributed by atoms with Crippen LogP contribution in [0.25, 0.3) is 10.9 Å². The lowest BCUT2D eigenvalue weighted by molar-refractivity contribution is -0.117. The number of ether oxygens (including phenoxy) is 3. The monoisotopic (exact) mass is 486 g/mol. The van der Waals surface area contributed by atoms with E-state index in [0.29, 0.717) is 34.7 Å². The highest BCUT2D eigenvalue weighted by molar-refractivity contribution is 5.99. The van der Waals surface area contributed by atoms with E-state index in [9.17, 15) is 14.7 Å². The molecule has 10 nitrogen and oxygen atoms in total. The van der Waals surface area contributed by atoms with E-state index in [-0.39, 0.29) is 24.9 Å². The van der Waals surface area contributed by atoms with Crippen molar-refractivity contribution in [2.45, 2.75) is 6.54 Å². The Balaban J connectivity index is 1.34. The van der Waals surface area contributed by atoms with Crippen molar-refractivity contribution in [1.82, 2.24) is 9.88 Å². The van der Waals surface area contributed by atoms with Crippen molar-refractivity contribution in [2.75, 3.05) is 20.4 Å². The minimum Gasteiger partial charge on any atom is -0.496 e. The number of nitrogens with one attached hydrogen (secondary N) is 1. The normalized spacial score (nSPS) is 12.2. The number of nitrogens with zero attached hydrogens (tertiary/aromatic N) is 3. The Hall–Kier alpha value is -4.86. The van der Waals surface area contributed by atoms with Gasteiger partial charge in [-0.1, -0.05) is 36.4 Å². The zero-order chi connectivity index (χ0) is 25.1. The van der Waals surface area contributed by atoms with Gasteiger partial charge in [-0.3, -0.25) is 9.59 Å². The summed E-state index contributed by atoms with van der Waals surface area (Å²) in [5.41, 5.74) is 2.07. The van der Waals surface area contributed by atoms with Gasteiger partial charge in [-0.2, -0.15) is 0 Å². The van der Waals surface area contributed by atoms with Crippen molar-refractivity contribution < 1.29 is 28.9 Å². The molecule has 182 valence electrons. The molecule has 0 unspecified atom stereocenters. The number of carbonyl (C=O) groups is 2. The summed E-state index contributed by atoms with van der Waals surface area (Å²) in [6.07, 6.45) is 0. The molecule has 10 heteroatoms. The topological polar surface area (TPSA) is 124 Å². The third-order valence-corrected chi connectivity index (χ3v) is 5.71. The number of rotatable bonds is 7. The lowest BCUT2D eigenvalue weighted by atomic mass is 10.2. The minimum atomic E-state index is -0.676. The first kappa shape index (κ1) is 22.9. The number of fused-ring (bicyclic) bond motifs is 2. The average molecular weight is 486 g/mol. The number of hydrogen-bond donors (Lipinski definition) is 2. The molecular formula is C26H22N4O6. The van der Waals surface area contributed by atoms with Crippen LogP contribution < -0.4 is 19.5 Å². The molecule has 0 bridgehead atoms. The zero-order valence-corrected chi connectivity index (χ0v) is 19.3. The molecule has 0 saturated carbocycles. The molecule has 0 fully saturated rings. The van der Waals surface area contributed by atoms with E-state index in [4.69, 9.17) is 14.2 Å². The number of methoxy groups -OCH3 is 1. The summed E-state index contributed by atoms with van der Waals surface area (Å²) >= 11 is 0. The maximum Gasteiger partial charge on any atom is 0.283 e. The van der Waals surface area contributed by atoms with Crippen LogP contribution in [0.4, 0.5) is 5.69 Å². The standard InChI is InChI=1S/C26H22N4O6/c1-34-20-9-5-3-7-18(20)25(32)27-13-23(31)28-29-24-17-6-2-4-8-19(17)30(26(24)33)14-16-10-11-21-22(12-16)36-15-35-21/h2-12,33H,13-15H2,1H3,(H,27,32). The largest absolute Gasteiger partial charge is 0.496 e. The maximum atomic E-state index is 12.4. The first-order chi connectivity index (χ1) is 17.5. The first-order valence-corrected chi connectivity index (χ1v) is 11.1. The fourth-order valence-electron chi connectivity index (χ4n) is 3.98. The molecule has 1 aliphatic rings. The highest BCUT2D eigenvalue weighted by Gasteiger charge is 2.19. The predicted molar refractivity (Wildman–Crippen MR) is 130 cm³/mol. The highest BCUT2D eigenvalue weighted by Crippen LogP contribution is 2.40. The van der Waals surface area contributed by atoms with Crippen LogP contribution in [0.5, 0.6) is 23.1 Å². The third-order valence-electron chi connectivity index (χ3n) is 5.71. The van der Waals surface area contributed by atoms with Crippen molar-refractivity contribution >= 4 is 28.4 Å². The smallest absolute Gasteiger partial charge is 0.283 e. The molecular weight excluding hydrogens is 464 g/mol. The number of amides is 2. The Morgan fingerprint density at radius 2 is 1.83 bits per heavy atom. The molecule has 3 aromatic carbocycles. The van der Waals surface area contributed by atoms with Gasteiger partial charge in [0.25, 0.3) is 11.8 Å². The fourth-order valence-corrected chi connectivity index (χ4v) is 3.98. The van der Waals surface area contributed by atoms with E-state index < -0.39 is 11.8 Å². The second kappa shape index (κ2) is 9.79. The van der Waals surface area contributed by atoms with Crippen molar-refractivity contribution in [3.63, 3.8) is 0 Å². The Morgan fingerprint density at radius 1 is 1.06 bits per heavy atom. The summed E-state index contributed by atoms with van der Waals surface area (Å²) in [4.78, 5) is 24.7. The molecule has 2 heterocycles. The van der Waals surface area contributed by atoms with Crippen LogP contribution in [0.1, 0.15) is 15.9 Å². The van der Waals surface area contributed by atoms with E-state index in [1.807, 2.05) is 30.3 Å². The molecule has 5 rings (SSSR count). The van der Waals surface area contributed by atoms with Crippen molar-refractivity contribution in [3.8, 4) is 23.1 Å². The van der Waals surface area contributed by atoms with Crippen LogP contribution in [0.2, 0.25) is 0 Å². The first-order valence-electron chi connectivity index (χ1n) is 11.1. The fraction of sp³-hybridized carbons (Fsp3) is 0.154. The van der Waals surface area contributed by atoms with Crippen LogP contribution in [0.3, 0.4) is 0 Å². The molecule has 1 aliphatic heterocycles. The van der Waals surface area contributed by atoms with Crippen LogP contribution >= 0.6 is 0 Å². The van der Waals surface area contributed by atoms with Gasteiger partial charge in [0.2, 0.25) is 12.7 Å². The van der Waals surface area contributed by atoms with Gasteiger partial charge in [-0.15, -0.1) is 10.2 Å². The summed E-state index contributed by atoms with van der Waals surface area (Å²) in [5.74, 6) is 0.424. The van der Waals surface area contributed by atoms with Gasteiger partial charge in [0.15, 0.2) is 17.2 Å². The van der Waals surface area contributed by atoms with Gasteiger partial charge in [-0.25, -0.2) is 0 Å². The third kappa shape index (κ3) is 4.43. The number of aromatic hydroxyl groups is 1. The molecule has 2 N–H and O–H groups in total. The van der Waals surface area contributed by atoms with Crippen molar-refractivity contribution in [2.24, 2.45) is 10.2 Å². The molecule has 0 atom stereocenters. The second-order valence-electron chi connectivity index (χ2n) is 7.94. The van der Waals surface area contributed by atoms with Gasteiger partial charge in [0.05, 0.1) is 24.7 Å². The Kier molecular flexibility index (Phi) is 6.23. The molecule has 0 radical (unpaired) electrons. The van der Waals surface area contributed by atoms with Crippen LogP contribution in [0.15, 0.2) is 77.0 Å². The predicted octanol–water partition coefficient (Wildman–Crippen LogP) is 4.17. The summed E-state index contributed by atoms with van der Waals surface area (Å²) in [6.45, 7) is 0.146. The molecule has 2 amide bonds. The summed E-state index contributed by atoms with van der Waals surface area (Å²) in [6, 6.07) is 19.5. The van der Waals surface area contributed by atoms with Crippen LogP contribution in [0, 0.1) is 0 Å². The van der Waals surface area contributed by atoms with E-state index >= 15 is 0 Å². The number of aromatic nitrogens is 1. The van der Waals surface area contributed by atoms with E-state index in [1.54, 1.807) is 41.0 Å². The van der Waals surface area contributed by atoms with E-state index in [1.165, 1.54) is 7.11 Å². The zero-order valence-electron chi connectivity index (χ0n) is 19.3. The molecule has 0 aliphatic carbocycles. The molecule has 1 aromatic heterocycles. The number of para-hydroxylation sites is 2. The molecule has 4 aromatic rings. The van der Waals surface area contributed by atoms with Crippen molar-refractivity contribution in [1.29, 1.82) is 0 Å². The minimum absolute atomic E-state index is 0.136. The van der Waals surface area contributed by atoms with Crippen LogP contribution in [-0.4, -0.2) is 41.9 Å². The Bertz CT molecular complexity index is 1490. The van der Waals surface area contributed by atoms with Crippen molar-refractivity contribution in [3.05, 3.63) is 77.9 Å². The summed E-state index contributed by atoms with van der Waals surface area (Å²) < 4.78 is 17.6. The number of hydrogen-bond acceptors (Lipinski definition) is 7. The van der Waals surface area contributed by atoms with E-state index in [0.717, 1.165) is 11.1 Å². The highest BCUT2D eigenvalue weighted by atomic mass is 16.7. The summed E-state index contributed by atoms with van der Waals surface area (Å²) in [5, 5.41) is 21.8. The lowest BCUT2D eigenvalue weighted by Gasteiger charge is -2.08. The summed E-state index contributed by atoms with van der Waals surface area (Å²) in [7, 11) is 1.46. The number of azo groups is 1. The molecule has 0 spiro atoms. The van der Waals surface area contributed by atoms with E-state index in [2.05, 4.69) is 15.5 Å². The van der Waals surface area contributed by atoms with Crippen LogP contribution in [-0.2, 0) is 11.3 Å². The average Bonchev–Trinajstić information content (AvgIpc) is 3.48. The number of benzene rings is 3. The lowest BCUT2D eigenvalue weighted by Crippen LogP contribution is -2.28. The Morgan fingerprint density at radius 3 is 2.69 bits per heavy atom. The van der Waals surface area contributed by atoms with Gasteiger partial charge < -0.3 is 29.2 Å².